The Labute approximate surface area is 146 Å². The maximum Gasteiger partial charge on any atom is 0.191 e. The lowest BCUT2D eigenvalue weighted by Gasteiger charge is -2.13. The Morgan fingerprint density at radius 3 is 2.56 bits per heavy atom. The van der Waals surface area contributed by atoms with Gasteiger partial charge in [-0.3, -0.25) is 4.99 Å². The molecule has 0 bridgehead atoms. The van der Waals surface area contributed by atoms with Gasteiger partial charge in [0.05, 0.1) is 6.61 Å². The van der Waals surface area contributed by atoms with Crippen LogP contribution in [-0.2, 0) is 13.0 Å². The minimum Gasteiger partial charge on any atom is -0.491 e. The van der Waals surface area contributed by atoms with Crippen LogP contribution in [0.25, 0.3) is 0 Å². The van der Waals surface area contributed by atoms with Crippen LogP contribution < -0.4 is 15.4 Å². The van der Waals surface area contributed by atoms with Crippen molar-refractivity contribution in [2.75, 3.05) is 20.2 Å². The van der Waals surface area contributed by atoms with Crippen LogP contribution in [0.1, 0.15) is 18.1 Å². The zero-order valence-electron chi connectivity index (χ0n) is 14.5. The van der Waals surface area contributed by atoms with Crippen LogP contribution in [0.5, 0.6) is 5.75 Å². The first-order chi connectivity index (χ1) is 12.1. The van der Waals surface area contributed by atoms with E-state index in [4.69, 9.17) is 4.74 Å². The average Bonchev–Trinajstić information content (AvgIpc) is 2.61. The van der Waals surface area contributed by atoms with E-state index in [0.717, 1.165) is 5.56 Å². The van der Waals surface area contributed by atoms with Crippen LogP contribution in [0.15, 0.2) is 47.5 Å². The summed E-state index contributed by atoms with van der Waals surface area (Å²) in [6.45, 7) is 3.19. The van der Waals surface area contributed by atoms with Crippen molar-refractivity contribution in [3.8, 4) is 5.75 Å². The van der Waals surface area contributed by atoms with E-state index in [1.54, 1.807) is 31.3 Å². The highest BCUT2D eigenvalue weighted by Crippen LogP contribution is 2.18. The fourth-order valence-electron chi connectivity index (χ4n) is 2.35. The van der Waals surface area contributed by atoms with Gasteiger partial charge in [-0.25, -0.2) is 8.78 Å². The van der Waals surface area contributed by atoms with E-state index in [0.29, 0.717) is 37.6 Å². The number of aliphatic imine (C=N–C) groups is 1. The number of ether oxygens (including phenoxy) is 1. The molecule has 2 rings (SSSR count). The molecule has 0 radical (unpaired) electrons. The molecule has 134 valence electrons. The van der Waals surface area contributed by atoms with Gasteiger partial charge in [0.2, 0.25) is 0 Å². The van der Waals surface area contributed by atoms with Crippen LogP contribution in [0, 0.1) is 11.6 Å². The molecule has 2 aromatic carbocycles. The molecule has 2 N–H and O–H groups in total. The van der Waals surface area contributed by atoms with Gasteiger partial charge in [-0.2, -0.15) is 0 Å². The molecule has 0 fully saturated rings. The minimum absolute atomic E-state index is 0.211. The Morgan fingerprint density at radius 1 is 1.08 bits per heavy atom. The molecule has 0 atom stereocenters. The second-order valence-corrected chi connectivity index (χ2v) is 5.39. The molecule has 0 saturated carbocycles. The highest BCUT2D eigenvalue weighted by Gasteiger charge is 2.05. The molecule has 0 unspecified atom stereocenters. The number of hydrogen-bond donors (Lipinski definition) is 2. The molecule has 0 saturated heterocycles. The van der Waals surface area contributed by atoms with Crippen molar-refractivity contribution in [2.45, 2.75) is 19.9 Å². The second kappa shape index (κ2) is 9.61. The Hall–Kier alpha value is -2.63. The van der Waals surface area contributed by atoms with E-state index in [9.17, 15) is 8.78 Å². The third-order valence-electron chi connectivity index (χ3n) is 3.62. The van der Waals surface area contributed by atoms with Crippen LogP contribution >= 0.6 is 0 Å². The maximum atomic E-state index is 13.8. The van der Waals surface area contributed by atoms with E-state index in [2.05, 4.69) is 15.6 Å². The van der Waals surface area contributed by atoms with Crippen LogP contribution in [0.3, 0.4) is 0 Å². The van der Waals surface area contributed by atoms with Crippen molar-refractivity contribution in [2.24, 2.45) is 4.99 Å². The Bertz CT molecular complexity index is 720. The number of nitrogens with zero attached hydrogens (tertiary/aromatic N) is 1. The first-order valence-corrected chi connectivity index (χ1v) is 8.23. The van der Waals surface area contributed by atoms with Crippen molar-refractivity contribution >= 4 is 5.96 Å². The molecule has 0 aromatic heterocycles. The lowest BCUT2D eigenvalue weighted by Crippen LogP contribution is -2.37. The van der Waals surface area contributed by atoms with Gasteiger partial charge in [0, 0.05) is 20.1 Å². The van der Waals surface area contributed by atoms with E-state index >= 15 is 0 Å². The molecular formula is C19H23F2N3O. The summed E-state index contributed by atoms with van der Waals surface area (Å²) in [4.78, 5) is 4.11. The summed E-state index contributed by atoms with van der Waals surface area (Å²) in [6.07, 6.45) is 0.547. The summed E-state index contributed by atoms with van der Waals surface area (Å²) < 4.78 is 32.6. The molecule has 0 aliphatic heterocycles. The normalized spacial score (nSPS) is 11.3. The van der Waals surface area contributed by atoms with Crippen molar-refractivity contribution in [1.82, 2.24) is 10.6 Å². The van der Waals surface area contributed by atoms with Crippen LogP contribution in [0.2, 0.25) is 0 Å². The highest BCUT2D eigenvalue weighted by atomic mass is 19.1. The number of guanidine groups is 1. The molecule has 0 spiro atoms. The monoisotopic (exact) mass is 347 g/mol. The smallest absolute Gasteiger partial charge is 0.191 e. The number of hydrogen-bond acceptors (Lipinski definition) is 2. The van der Waals surface area contributed by atoms with Gasteiger partial charge in [0.25, 0.3) is 0 Å². The zero-order chi connectivity index (χ0) is 18.1. The average molecular weight is 347 g/mol. The summed E-state index contributed by atoms with van der Waals surface area (Å²) in [5.41, 5.74) is 1.43. The number of benzene rings is 2. The second-order valence-electron chi connectivity index (χ2n) is 5.39. The quantitative estimate of drug-likeness (QED) is 0.597. The first kappa shape index (κ1) is 18.7. The van der Waals surface area contributed by atoms with E-state index < -0.39 is 0 Å². The van der Waals surface area contributed by atoms with Crippen molar-refractivity contribution in [3.63, 3.8) is 0 Å². The molecular weight excluding hydrogens is 324 g/mol. The van der Waals surface area contributed by atoms with Gasteiger partial charge in [-0.05, 0) is 42.7 Å². The Kier molecular flexibility index (Phi) is 7.19. The number of halogens is 2. The Morgan fingerprint density at radius 2 is 1.88 bits per heavy atom. The molecule has 2 aromatic rings. The van der Waals surface area contributed by atoms with E-state index in [1.807, 2.05) is 13.0 Å². The standard InChI is InChI=1S/C19H23F2N3O/c1-3-25-18-9-8-14(12-17(18)21)13-24-19(22-2)23-11-10-15-6-4-5-7-16(15)20/h4-9,12H,3,10-11,13H2,1-2H3,(H2,22,23,24). The van der Waals surface area contributed by atoms with Crippen LogP contribution in [0.4, 0.5) is 8.78 Å². The SMILES string of the molecule is CCOc1ccc(CNC(=NC)NCCc2ccccc2F)cc1F. The summed E-state index contributed by atoms with van der Waals surface area (Å²) in [5.74, 6) is 0.227. The fourth-order valence-corrected chi connectivity index (χ4v) is 2.35. The molecule has 0 heterocycles. The van der Waals surface area contributed by atoms with Gasteiger partial charge in [0.1, 0.15) is 5.82 Å². The van der Waals surface area contributed by atoms with E-state index in [1.165, 1.54) is 12.1 Å². The van der Waals surface area contributed by atoms with Crippen molar-refractivity contribution < 1.29 is 13.5 Å². The van der Waals surface area contributed by atoms with Gasteiger partial charge in [0.15, 0.2) is 17.5 Å². The summed E-state index contributed by atoms with van der Waals surface area (Å²) in [6, 6.07) is 11.5. The fraction of sp³-hybridized carbons (Fsp3) is 0.316. The maximum absolute atomic E-state index is 13.8. The largest absolute Gasteiger partial charge is 0.491 e. The van der Waals surface area contributed by atoms with Gasteiger partial charge < -0.3 is 15.4 Å². The van der Waals surface area contributed by atoms with E-state index in [-0.39, 0.29) is 17.4 Å². The predicted molar refractivity (Wildman–Crippen MR) is 95.9 cm³/mol. The van der Waals surface area contributed by atoms with Crippen LogP contribution in [-0.4, -0.2) is 26.2 Å². The predicted octanol–water partition coefficient (Wildman–Crippen LogP) is 3.27. The highest BCUT2D eigenvalue weighted by molar-refractivity contribution is 5.79. The summed E-state index contributed by atoms with van der Waals surface area (Å²) in [7, 11) is 1.65. The van der Waals surface area contributed by atoms with Crippen molar-refractivity contribution in [3.05, 3.63) is 65.2 Å². The number of rotatable bonds is 7. The third kappa shape index (κ3) is 5.74. The minimum atomic E-state index is -0.386. The summed E-state index contributed by atoms with van der Waals surface area (Å²) >= 11 is 0. The molecule has 6 heteroatoms. The van der Waals surface area contributed by atoms with Crippen molar-refractivity contribution in [1.29, 1.82) is 0 Å². The summed E-state index contributed by atoms with van der Waals surface area (Å²) in [5, 5.41) is 6.22. The van der Waals surface area contributed by atoms with Gasteiger partial charge in [-0.1, -0.05) is 24.3 Å². The lowest BCUT2D eigenvalue weighted by molar-refractivity contribution is 0.321. The van der Waals surface area contributed by atoms with Gasteiger partial charge >= 0.3 is 0 Å². The Balaban J connectivity index is 1.82. The topological polar surface area (TPSA) is 45.6 Å². The molecule has 4 nitrogen and oxygen atoms in total. The molecule has 0 aliphatic rings. The third-order valence-corrected chi connectivity index (χ3v) is 3.62. The lowest BCUT2D eigenvalue weighted by atomic mass is 10.1. The molecule has 25 heavy (non-hydrogen) atoms. The van der Waals surface area contributed by atoms with Gasteiger partial charge in [-0.15, -0.1) is 0 Å². The zero-order valence-corrected chi connectivity index (χ0v) is 14.5. The number of nitrogens with one attached hydrogen (secondary N) is 2. The molecule has 0 aliphatic carbocycles. The first-order valence-electron chi connectivity index (χ1n) is 8.23. The molecule has 0 amide bonds.